The Balaban J connectivity index is 1.69. The highest BCUT2D eigenvalue weighted by atomic mass is 32.2. The van der Waals surface area contributed by atoms with E-state index in [1.54, 1.807) is 12.4 Å². The molecule has 0 atom stereocenters. The third-order valence-electron chi connectivity index (χ3n) is 5.33. The van der Waals surface area contributed by atoms with E-state index >= 15 is 0 Å². The van der Waals surface area contributed by atoms with Gasteiger partial charge in [0.1, 0.15) is 0 Å². The van der Waals surface area contributed by atoms with Crippen molar-refractivity contribution in [3.05, 3.63) is 90.4 Å². The van der Waals surface area contributed by atoms with E-state index in [2.05, 4.69) is 50.8 Å². The van der Waals surface area contributed by atoms with Gasteiger partial charge in [0, 0.05) is 56.7 Å². The van der Waals surface area contributed by atoms with Gasteiger partial charge in [-0.05, 0) is 46.9 Å². The van der Waals surface area contributed by atoms with Gasteiger partial charge in [-0.1, -0.05) is 42.5 Å². The Hall–Kier alpha value is -3.00. The molecule has 6 nitrogen and oxygen atoms in total. The van der Waals surface area contributed by atoms with Crippen molar-refractivity contribution in [2.24, 2.45) is 0 Å². The Labute approximate surface area is 183 Å². The molecule has 4 aromatic rings. The summed E-state index contributed by atoms with van der Waals surface area (Å²) in [5.74, 6) is 0. The van der Waals surface area contributed by atoms with Gasteiger partial charge in [0.05, 0.1) is 0 Å². The molecule has 0 spiro atoms. The number of aromatic nitrogens is 2. The zero-order valence-corrected chi connectivity index (χ0v) is 18.5. The van der Waals surface area contributed by atoms with Gasteiger partial charge in [-0.3, -0.25) is 4.98 Å². The maximum Gasteiger partial charge on any atom is 0.278 e. The van der Waals surface area contributed by atoms with E-state index in [4.69, 9.17) is 0 Å². The maximum atomic E-state index is 12.0. The molecule has 31 heavy (non-hydrogen) atoms. The highest BCUT2D eigenvalue weighted by molar-refractivity contribution is 7.87. The molecule has 0 fully saturated rings. The molecule has 2 aromatic carbocycles. The van der Waals surface area contributed by atoms with Crippen LogP contribution in [0, 0.1) is 0 Å². The summed E-state index contributed by atoms with van der Waals surface area (Å²) in [5.41, 5.74) is 5.71. The predicted molar refractivity (Wildman–Crippen MR) is 125 cm³/mol. The standard InChI is InChI=1S/C24H26N4O2S/c1-27(2)31(29,30)26-15-12-22-18-28(17-19-6-4-3-5-7-19)24-16-21(8-9-23(22)24)20-10-13-25-14-11-20/h3-11,13-14,16,18,26H,12,15,17H2,1-2H3. The van der Waals surface area contributed by atoms with Gasteiger partial charge in [0.2, 0.25) is 0 Å². The zero-order chi connectivity index (χ0) is 21.8. The molecule has 0 saturated carbocycles. The van der Waals surface area contributed by atoms with Crippen molar-refractivity contribution < 1.29 is 8.42 Å². The first-order valence-corrected chi connectivity index (χ1v) is 11.6. The Morgan fingerprint density at radius 1 is 0.968 bits per heavy atom. The van der Waals surface area contributed by atoms with Gasteiger partial charge in [-0.25, -0.2) is 4.72 Å². The van der Waals surface area contributed by atoms with Gasteiger partial charge < -0.3 is 4.57 Å². The van der Waals surface area contributed by atoms with Crippen LogP contribution in [0.3, 0.4) is 0 Å². The number of hydrogen-bond donors (Lipinski definition) is 1. The predicted octanol–water partition coefficient (Wildman–Crippen LogP) is 3.69. The molecule has 4 rings (SSSR count). The van der Waals surface area contributed by atoms with Gasteiger partial charge >= 0.3 is 0 Å². The lowest BCUT2D eigenvalue weighted by Crippen LogP contribution is -2.36. The largest absolute Gasteiger partial charge is 0.343 e. The second-order valence-corrected chi connectivity index (χ2v) is 9.64. The third kappa shape index (κ3) is 4.85. The van der Waals surface area contributed by atoms with Gasteiger partial charge in [-0.15, -0.1) is 0 Å². The van der Waals surface area contributed by atoms with E-state index in [0.717, 1.165) is 34.1 Å². The summed E-state index contributed by atoms with van der Waals surface area (Å²) in [6.07, 6.45) is 6.34. The van der Waals surface area contributed by atoms with Crippen LogP contribution in [0.2, 0.25) is 0 Å². The highest BCUT2D eigenvalue weighted by Gasteiger charge is 2.14. The van der Waals surface area contributed by atoms with Crippen molar-refractivity contribution >= 4 is 21.1 Å². The van der Waals surface area contributed by atoms with Crippen molar-refractivity contribution in [1.29, 1.82) is 0 Å². The quantitative estimate of drug-likeness (QED) is 0.460. The summed E-state index contributed by atoms with van der Waals surface area (Å²) >= 11 is 0. The Morgan fingerprint density at radius 3 is 2.42 bits per heavy atom. The molecule has 0 unspecified atom stereocenters. The van der Waals surface area contributed by atoms with Crippen LogP contribution in [-0.4, -0.2) is 42.9 Å². The van der Waals surface area contributed by atoms with Gasteiger partial charge in [-0.2, -0.15) is 12.7 Å². The minimum atomic E-state index is -3.44. The van der Waals surface area contributed by atoms with E-state index in [-0.39, 0.29) is 0 Å². The van der Waals surface area contributed by atoms with Crippen molar-refractivity contribution in [3.8, 4) is 11.1 Å². The number of benzene rings is 2. The molecule has 0 saturated heterocycles. The van der Waals surface area contributed by atoms with E-state index in [1.165, 1.54) is 24.0 Å². The van der Waals surface area contributed by atoms with Crippen LogP contribution in [0.5, 0.6) is 0 Å². The van der Waals surface area contributed by atoms with Crippen molar-refractivity contribution in [2.75, 3.05) is 20.6 Å². The molecule has 0 bridgehead atoms. The number of nitrogens with one attached hydrogen (secondary N) is 1. The molecule has 0 aliphatic rings. The molecule has 0 radical (unpaired) electrons. The van der Waals surface area contributed by atoms with Gasteiger partial charge in [0.25, 0.3) is 10.2 Å². The van der Waals surface area contributed by atoms with Gasteiger partial charge in [0.15, 0.2) is 0 Å². The number of rotatable bonds is 8. The minimum Gasteiger partial charge on any atom is -0.343 e. The first-order chi connectivity index (χ1) is 14.9. The number of pyridine rings is 1. The van der Waals surface area contributed by atoms with Crippen LogP contribution in [0.1, 0.15) is 11.1 Å². The Kier molecular flexibility index (Phi) is 6.18. The van der Waals surface area contributed by atoms with E-state index in [0.29, 0.717) is 13.0 Å². The molecule has 0 aliphatic heterocycles. The molecule has 160 valence electrons. The lowest BCUT2D eigenvalue weighted by Gasteiger charge is -2.11. The second kappa shape index (κ2) is 9.01. The summed E-state index contributed by atoms with van der Waals surface area (Å²) in [6.45, 7) is 1.09. The average molecular weight is 435 g/mol. The molecular formula is C24H26N4O2S. The van der Waals surface area contributed by atoms with Crippen LogP contribution in [0.15, 0.2) is 79.3 Å². The Bertz CT molecular complexity index is 1270. The minimum absolute atomic E-state index is 0.344. The second-order valence-electron chi connectivity index (χ2n) is 7.67. The van der Waals surface area contributed by atoms with Crippen molar-refractivity contribution in [1.82, 2.24) is 18.6 Å². The van der Waals surface area contributed by atoms with Crippen molar-refractivity contribution in [3.63, 3.8) is 0 Å². The maximum absolute atomic E-state index is 12.0. The number of fused-ring (bicyclic) bond motifs is 1. The van der Waals surface area contributed by atoms with E-state index in [1.807, 2.05) is 30.3 Å². The fourth-order valence-corrected chi connectivity index (χ4v) is 4.26. The van der Waals surface area contributed by atoms with Crippen LogP contribution in [0.4, 0.5) is 0 Å². The molecular weight excluding hydrogens is 408 g/mol. The monoisotopic (exact) mass is 434 g/mol. The van der Waals surface area contributed by atoms with E-state index in [9.17, 15) is 8.42 Å². The highest BCUT2D eigenvalue weighted by Crippen LogP contribution is 2.28. The molecule has 1 N–H and O–H groups in total. The SMILES string of the molecule is CN(C)S(=O)(=O)NCCc1cn(Cc2ccccc2)c2cc(-c3ccncc3)ccc12. The van der Waals surface area contributed by atoms with Crippen molar-refractivity contribution in [2.45, 2.75) is 13.0 Å². The summed E-state index contributed by atoms with van der Waals surface area (Å²) in [5, 5.41) is 1.14. The molecule has 0 amide bonds. The van der Waals surface area contributed by atoms with Crippen LogP contribution >= 0.6 is 0 Å². The lowest BCUT2D eigenvalue weighted by molar-refractivity contribution is 0.506. The third-order valence-corrected chi connectivity index (χ3v) is 6.86. The first-order valence-electron chi connectivity index (χ1n) is 10.2. The number of nitrogens with zero attached hydrogens (tertiary/aromatic N) is 3. The summed E-state index contributed by atoms with van der Waals surface area (Å²) < 4.78 is 30.2. The lowest BCUT2D eigenvalue weighted by atomic mass is 10.0. The van der Waals surface area contributed by atoms with Crippen LogP contribution in [0.25, 0.3) is 22.0 Å². The molecule has 2 heterocycles. The summed E-state index contributed by atoms with van der Waals surface area (Å²) in [7, 11) is -0.390. The fraction of sp³-hybridized carbons (Fsp3) is 0.208. The zero-order valence-electron chi connectivity index (χ0n) is 17.7. The molecule has 2 aromatic heterocycles. The van der Waals surface area contributed by atoms with Crippen LogP contribution < -0.4 is 4.72 Å². The normalized spacial score (nSPS) is 12.0. The summed E-state index contributed by atoms with van der Waals surface area (Å²) in [6, 6.07) is 20.8. The first kappa shape index (κ1) is 21.2. The molecule has 7 heteroatoms. The smallest absolute Gasteiger partial charge is 0.278 e. The fourth-order valence-electron chi connectivity index (χ4n) is 3.65. The number of hydrogen-bond acceptors (Lipinski definition) is 3. The molecule has 0 aliphatic carbocycles. The Morgan fingerprint density at radius 2 is 1.71 bits per heavy atom. The summed E-state index contributed by atoms with van der Waals surface area (Å²) in [4.78, 5) is 4.11. The van der Waals surface area contributed by atoms with E-state index < -0.39 is 10.2 Å². The van der Waals surface area contributed by atoms with Crippen LogP contribution in [-0.2, 0) is 23.2 Å². The average Bonchev–Trinajstić information content (AvgIpc) is 3.11. The topological polar surface area (TPSA) is 67.2 Å².